The number of aliphatic hydroxyl groups excluding tert-OH is 2. The quantitative estimate of drug-likeness (QED) is 0.630. The predicted octanol–water partition coefficient (Wildman–Crippen LogP) is 1.19. The molecule has 2 nitrogen and oxygen atoms in total. The van der Waals surface area contributed by atoms with Crippen molar-refractivity contribution < 1.29 is 10.2 Å². The summed E-state index contributed by atoms with van der Waals surface area (Å²) in [6, 6.07) is 0. The molecule has 2 rings (SSSR count). The van der Waals surface area contributed by atoms with Crippen molar-refractivity contribution in [1.29, 1.82) is 0 Å². The number of rotatable bonds is 2. The van der Waals surface area contributed by atoms with Crippen molar-refractivity contribution in [3.05, 3.63) is 12.2 Å². The van der Waals surface area contributed by atoms with Crippen LogP contribution in [0.3, 0.4) is 0 Å². The van der Waals surface area contributed by atoms with Crippen LogP contribution in [0.1, 0.15) is 20.3 Å². The van der Waals surface area contributed by atoms with E-state index in [1.54, 1.807) is 0 Å². The van der Waals surface area contributed by atoms with Crippen LogP contribution in [0.5, 0.6) is 0 Å². The third kappa shape index (κ3) is 1.32. The van der Waals surface area contributed by atoms with E-state index in [1.165, 1.54) is 0 Å². The Hall–Kier alpha value is -0.340. The summed E-state index contributed by atoms with van der Waals surface area (Å²) >= 11 is 0. The highest BCUT2D eigenvalue weighted by atomic mass is 16.3. The molecule has 1 saturated carbocycles. The van der Waals surface area contributed by atoms with Crippen LogP contribution in [0.15, 0.2) is 12.2 Å². The maximum Gasteiger partial charge on any atom is 0.0549 e. The first-order valence-electron chi connectivity index (χ1n) is 5.15. The van der Waals surface area contributed by atoms with Crippen molar-refractivity contribution in [3.63, 3.8) is 0 Å². The van der Waals surface area contributed by atoms with Gasteiger partial charge in [0.1, 0.15) is 0 Å². The van der Waals surface area contributed by atoms with Crippen molar-refractivity contribution in [2.75, 3.05) is 0 Å². The third-order valence-electron chi connectivity index (χ3n) is 3.70. The molecular weight excluding hydrogens is 164 g/mol. The molecule has 0 spiro atoms. The molecule has 0 saturated heterocycles. The van der Waals surface area contributed by atoms with E-state index in [0.29, 0.717) is 11.8 Å². The molecule has 0 aromatic carbocycles. The fraction of sp³-hybridized carbons (Fsp3) is 0.818. The van der Waals surface area contributed by atoms with E-state index in [4.69, 9.17) is 0 Å². The van der Waals surface area contributed by atoms with Crippen molar-refractivity contribution in [2.45, 2.75) is 32.5 Å². The van der Waals surface area contributed by atoms with Crippen LogP contribution in [0.25, 0.3) is 0 Å². The molecule has 2 heteroatoms. The van der Waals surface area contributed by atoms with Gasteiger partial charge >= 0.3 is 0 Å². The summed E-state index contributed by atoms with van der Waals surface area (Å²) in [5.41, 5.74) is 0. The summed E-state index contributed by atoms with van der Waals surface area (Å²) in [6.45, 7) is 3.68. The second-order valence-corrected chi connectivity index (χ2v) is 4.58. The Kier molecular flexibility index (Phi) is 2.20. The molecule has 2 bridgehead atoms. The van der Waals surface area contributed by atoms with Gasteiger partial charge in [0.15, 0.2) is 0 Å². The minimum absolute atomic E-state index is 0.273. The van der Waals surface area contributed by atoms with E-state index in [1.807, 2.05) is 13.8 Å². The monoisotopic (exact) mass is 182 g/mol. The van der Waals surface area contributed by atoms with Gasteiger partial charge < -0.3 is 10.2 Å². The van der Waals surface area contributed by atoms with Crippen LogP contribution in [0.4, 0.5) is 0 Å². The number of hydrogen-bond acceptors (Lipinski definition) is 2. The molecule has 0 amide bonds. The van der Waals surface area contributed by atoms with Gasteiger partial charge in [-0.05, 0) is 43.9 Å². The highest BCUT2D eigenvalue weighted by Crippen LogP contribution is 2.50. The molecular formula is C11H18O2. The molecule has 1 fully saturated rings. The van der Waals surface area contributed by atoms with E-state index in [2.05, 4.69) is 12.2 Å². The Balaban J connectivity index is 2.20. The van der Waals surface area contributed by atoms with Crippen LogP contribution < -0.4 is 0 Å². The van der Waals surface area contributed by atoms with E-state index in [0.717, 1.165) is 6.42 Å². The molecule has 2 aliphatic carbocycles. The molecule has 13 heavy (non-hydrogen) atoms. The number of hydrogen-bond donors (Lipinski definition) is 2. The van der Waals surface area contributed by atoms with Crippen LogP contribution in [-0.2, 0) is 0 Å². The fourth-order valence-electron chi connectivity index (χ4n) is 3.26. The van der Waals surface area contributed by atoms with Gasteiger partial charge in [-0.15, -0.1) is 0 Å². The second kappa shape index (κ2) is 3.10. The fourth-order valence-corrected chi connectivity index (χ4v) is 3.26. The minimum Gasteiger partial charge on any atom is -0.393 e. The van der Waals surface area contributed by atoms with Gasteiger partial charge in [-0.2, -0.15) is 0 Å². The smallest absolute Gasteiger partial charge is 0.0549 e. The Morgan fingerprint density at radius 2 is 1.38 bits per heavy atom. The van der Waals surface area contributed by atoms with E-state index in [-0.39, 0.29) is 24.0 Å². The highest BCUT2D eigenvalue weighted by Gasteiger charge is 2.48. The first-order chi connectivity index (χ1) is 6.11. The minimum atomic E-state index is -0.292. The number of aliphatic hydroxyl groups is 2. The summed E-state index contributed by atoms with van der Waals surface area (Å²) < 4.78 is 0. The molecule has 0 aromatic heterocycles. The van der Waals surface area contributed by atoms with Crippen LogP contribution >= 0.6 is 0 Å². The van der Waals surface area contributed by atoms with Gasteiger partial charge in [0.25, 0.3) is 0 Å². The first kappa shape index (κ1) is 9.22. The van der Waals surface area contributed by atoms with Gasteiger partial charge in [0.05, 0.1) is 12.2 Å². The van der Waals surface area contributed by atoms with Crippen LogP contribution in [-0.4, -0.2) is 22.4 Å². The lowest BCUT2D eigenvalue weighted by Crippen LogP contribution is -2.35. The Morgan fingerprint density at radius 1 is 1.00 bits per heavy atom. The van der Waals surface area contributed by atoms with Crippen LogP contribution in [0.2, 0.25) is 0 Å². The van der Waals surface area contributed by atoms with Gasteiger partial charge in [0, 0.05) is 0 Å². The summed E-state index contributed by atoms with van der Waals surface area (Å²) in [5, 5.41) is 19.3. The lowest BCUT2D eigenvalue weighted by Gasteiger charge is -2.32. The molecule has 0 radical (unpaired) electrons. The predicted molar refractivity (Wildman–Crippen MR) is 51.1 cm³/mol. The Labute approximate surface area is 79.3 Å². The molecule has 0 aromatic rings. The molecule has 2 N–H and O–H groups in total. The second-order valence-electron chi connectivity index (χ2n) is 4.58. The zero-order valence-corrected chi connectivity index (χ0v) is 8.22. The summed E-state index contributed by atoms with van der Waals surface area (Å²) in [4.78, 5) is 0. The van der Waals surface area contributed by atoms with Gasteiger partial charge in [-0.1, -0.05) is 12.2 Å². The third-order valence-corrected chi connectivity index (χ3v) is 3.70. The largest absolute Gasteiger partial charge is 0.393 e. The van der Waals surface area contributed by atoms with E-state index in [9.17, 15) is 10.2 Å². The van der Waals surface area contributed by atoms with E-state index < -0.39 is 0 Å². The van der Waals surface area contributed by atoms with Crippen LogP contribution in [0, 0.1) is 23.7 Å². The summed E-state index contributed by atoms with van der Waals surface area (Å²) in [7, 11) is 0. The lowest BCUT2D eigenvalue weighted by atomic mass is 9.77. The molecule has 74 valence electrons. The molecule has 6 atom stereocenters. The normalized spacial score (nSPS) is 46.8. The standard InChI is InChI=1S/C11H18O2/c1-6(12)10-8-3-4-9(5-8)11(10)7(2)13/h3-4,6-13H,5H2,1-2H3. The van der Waals surface area contributed by atoms with Crippen molar-refractivity contribution in [3.8, 4) is 0 Å². The Morgan fingerprint density at radius 3 is 1.69 bits per heavy atom. The van der Waals surface area contributed by atoms with Gasteiger partial charge in [-0.3, -0.25) is 0 Å². The molecule has 6 unspecified atom stereocenters. The average molecular weight is 182 g/mol. The van der Waals surface area contributed by atoms with Crippen molar-refractivity contribution in [1.82, 2.24) is 0 Å². The Bertz CT molecular complexity index is 198. The molecule has 2 aliphatic rings. The maximum atomic E-state index is 9.65. The molecule has 0 aliphatic heterocycles. The topological polar surface area (TPSA) is 40.5 Å². The number of fused-ring (bicyclic) bond motifs is 2. The zero-order valence-electron chi connectivity index (χ0n) is 8.22. The van der Waals surface area contributed by atoms with E-state index >= 15 is 0 Å². The molecule has 0 heterocycles. The van der Waals surface area contributed by atoms with Gasteiger partial charge in [-0.25, -0.2) is 0 Å². The maximum absolute atomic E-state index is 9.65. The van der Waals surface area contributed by atoms with Crippen molar-refractivity contribution >= 4 is 0 Å². The zero-order chi connectivity index (χ0) is 9.59. The van der Waals surface area contributed by atoms with Crippen molar-refractivity contribution in [2.24, 2.45) is 23.7 Å². The van der Waals surface area contributed by atoms with Gasteiger partial charge in [0.2, 0.25) is 0 Å². The average Bonchev–Trinajstić information content (AvgIpc) is 2.60. The SMILES string of the molecule is CC(O)C1C2C=CC(C2)C1C(C)O. The summed E-state index contributed by atoms with van der Waals surface area (Å²) in [5.74, 6) is 1.55. The summed E-state index contributed by atoms with van der Waals surface area (Å²) in [6.07, 6.45) is 4.96. The first-order valence-corrected chi connectivity index (χ1v) is 5.15. The highest BCUT2D eigenvalue weighted by molar-refractivity contribution is 5.15. The lowest BCUT2D eigenvalue weighted by molar-refractivity contribution is 0.0172. The number of allylic oxidation sites excluding steroid dienone is 2.